The van der Waals surface area contributed by atoms with E-state index in [4.69, 9.17) is 0 Å². The Balaban J connectivity index is 1.52. The number of aromatic nitrogens is 2. The smallest absolute Gasteiger partial charge is 0.274 e. The molecule has 4 rings (SSSR count). The summed E-state index contributed by atoms with van der Waals surface area (Å²) >= 11 is 0. The fourth-order valence-corrected chi connectivity index (χ4v) is 4.12. The lowest BCUT2D eigenvalue weighted by atomic mass is 10.1. The van der Waals surface area contributed by atoms with Crippen molar-refractivity contribution < 1.29 is 9.59 Å². The van der Waals surface area contributed by atoms with Crippen molar-refractivity contribution in [3.05, 3.63) is 76.6 Å². The van der Waals surface area contributed by atoms with E-state index in [2.05, 4.69) is 10.4 Å². The molecule has 6 heteroatoms. The maximum absolute atomic E-state index is 13.2. The monoisotopic (exact) mass is 416 g/mol. The molecule has 1 N–H and O–H groups in total. The van der Waals surface area contributed by atoms with Crippen LogP contribution in [0.2, 0.25) is 0 Å². The molecule has 0 saturated carbocycles. The zero-order chi connectivity index (χ0) is 22.0. The number of benzene rings is 2. The molecule has 1 heterocycles. The first-order valence-corrected chi connectivity index (χ1v) is 10.8. The van der Waals surface area contributed by atoms with Gasteiger partial charge < -0.3 is 10.2 Å². The Labute approximate surface area is 182 Å². The number of rotatable bonds is 6. The summed E-state index contributed by atoms with van der Waals surface area (Å²) in [5.41, 5.74) is 6.56. The molecule has 0 bridgehead atoms. The van der Waals surface area contributed by atoms with E-state index in [1.807, 2.05) is 67.1 Å². The third-order valence-electron chi connectivity index (χ3n) is 5.81. The van der Waals surface area contributed by atoms with Gasteiger partial charge in [0.15, 0.2) is 5.69 Å². The van der Waals surface area contributed by atoms with Gasteiger partial charge in [-0.3, -0.25) is 9.59 Å². The molecule has 0 unspecified atom stereocenters. The van der Waals surface area contributed by atoms with Gasteiger partial charge in [0.2, 0.25) is 5.91 Å². The van der Waals surface area contributed by atoms with Gasteiger partial charge in [0.05, 0.1) is 12.2 Å². The van der Waals surface area contributed by atoms with Crippen LogP contribution in [0, 0.1) is 6.92 Å². The zero-order valence-corrected chi connectivity index (χ0v) is 18.3. The molecule has 160 valence electrons. The van der Waals surface area contributed by atoms with Crippen LogP contribution in [0.5, 0.6) is 0 Å². The number of anilines is 1. The first-order valence-electron chi connectivity index (χ1n) is 10.8. The van der Waals surface area contributed by atoms with Crippen molar-refractivity contribution >= 4 is 17.5 Å². The molecule has 2 aromatic carbocycles. The number of para-hydroxylation sites is 1. The summed E-state index contributed by atoms with van der Waals surface area (Å²) in [6.45, 7) is 4.07. The molecule has 6 nitrogen and oxygen atoms in total. The largest absolute Gasteiger partial charge is 0.331 e. The van der Waals surface area contributed by atoms with E-state index in [1.54, 1.807) is 7.05 Å². The molecule has 31 heavy (non-hydrogen) atoms. The lowest BCUT2D eigenvalue weighted by molar-refractivity contribution is -0.116. The first-order chi connectivity index (χ1) is 15.0. The Morgan fingerprint density at radius 1 is 1.10 bits per heavy atom. The Bertz CT molecular complexity index is 1120. The second kappa shape index (κ2) is 8.76. The molecule has 1 aliphatic rings. The lowest BCUT2D eigenvalue weighted by Gasteiger charge is -2.17. The van der Waals surface area contributed by atoms with Crippen LogP contribution in [-0.2, 0) is 24.1 Å². The minimum atomic E-state index is -0.220. The minimum Gasteiger partial charge on any atom is -0.331 e. The highest BCUT2D eigenvalue weighted by Gasteiger charge is 2.29. The summed E-state index contributed by atoms with van der Waals surface area (Å²) in [6, 6.07) is 15.9. The van der Waals surface area contributed by atoms with Crippen molar-refractivity contribution in [2.75, 3.05) is 18.9 Å². The molecule has 1 aromatic heterocycles. The topological polar surface area (TPSA) is 67.2 Å². The van der Waals surface area contributed by atoms with E-state index in [9.17, 15) is 9.59 Å². The first kappa shape index (κ1) is 20.8. The van der Waals surface area contributed by atoms with Gasteiger partial charge in [-0.25, -0.2) is 4.68 Å². The van der Waals surface area contributed by atoms with E-state index in [1.165, 1.54) is 10.5 Å². The van der Waals surface area contributed by atoms with Crippen molar-refractivity contribution in [3.8, 4) is 5.69 Å². The molecule has 1 aliphatic carbocycles. The molecule has 0 fully saturated rings. The molecule has 0 spiro atoms. The van der Waals surface area contributed by atoms with Crippen molar-refractivity contribution in [3.63, 3.8) is 0 Å². The SMILES string of the molecule is CCc1ccccc1NC(=O)CN(C)C(=O)c1nn(-c2ccc(C)cc2)c2c1CCC2. The minimum absolute atomic E-state index is 0.0248. The quantitative estimate of drug-likeness (QED) is 0.662. The molecule has 0 saturated heterocycles. The van der Waals surface area contributed by atoms with Gasteiger partial charge in [-0.15, -0.1) is 0 Å². The molecular weight excluding hydrogens is 388 g/mol. The number of likely N-dealkylation sites (N-methyl/N-ethyl adjacent to an activating group) is 1. The summed E-state index contributed by atoms with van der Waals surface area (Å²) in [7, 11) is 1.65. The average Bonchev–Trinajstić information content (AvgIpc) is 3.37. The highest BCUT2D eigenvalue weighted by Crippen LogP contribution is 2.28. The number of fused-ring (bicyclic) bond motifs is 1. The van der Waals surface area contributed by atoms with Gasteiger partial charge in [0.25, 0.3) is 5.91 Å². The Morgan fingerprint density at radius 3 is 2.58 bits per heavy atom. The van der Waals surface area contributed by atoms with Gasteiger partial charge in [-0.05, 0) is 56.4 Å². The number of nitrogens with zero attached hydrogens (tertiary/aromatic N) is 3. The van der Waals surface area contributed by atoms with Crippen molar-refractivity contribution in [2.45, 2.75) is 39.5 Å². The predicted octanol–water partition coefficient (Wildman–Crippen LogP) is 3.94. The maximum atomic E-state index is 13.2. The number of aryl methyl sites for hydroxylation is 2. The molecule has 2 amide bonds. The fourth-order valence-electron chi connectivity index (χ4n) is 4.12. The van der Waals surface area contributed by atoms with E-state index in [0.29, 0.717) is 5.69 Å². The third-order valence-corrected chi connectivity index (χ3v) is 5.81. The molecular formula is C25H28N4O2. The fraction of sp³-hybridized carbons (Fsp3) is 0.320. The predicted molar refractivity (Wildman–Crippen MR) is 122 cm³/mol. The molecule has 0 aliphatic heterocycles. The van der Waals surface area contributed by atoms with Crippen molar-refractivity contribution in [1.82, 2.24) is 14.7 Å². The third kappa shape index (κ3) is 4.24. The molecule has 0 atom stereocenters. The summed E-state index contributed by atoms with van der Waals surface area (Å²) in [4.78, 5) is 27.2. The number of hydrogen-bond donors (Lipinski definition) is 1. The maximum Gasteiger partial charge on any atom is 0.274 e. The van der Waals surface area contributed by atoms with Gasteiger partial charge in [0.1, 0.15) is 0 Å². The Morgan fingerprint density at radius 2 is 1.84 bits per heavy atom. The summed E-state index contributed by atoms with van der Waals surface area (Å²) in [5, 5.41) is 7.59. The van der Waals surface area contributed by atoms with Crippen LogP contribution in [0.3, 0.4) is 0 Å². The second-order valence-electron chi connectivity index (χ2n) is 8.09. The molecule has 0 radical (unpaired) electrons. The van der Waals surface area contributed by atoms with Crippen LogP contribution in [-0.4, -0.2) is 40.1 Å². The van der Waals surface area contributed by atoms with E-state index >= 15 is 0 Å². The number of carbonyl (C=O) groups is 2. The summed E-state index contributed by atoms with van der Waals surface area (Å²) in [5.74, 6) is -0.436. The summed E-state index contributed by atoms with van der Waals surface area (Å²) < 4.78 is 1.89. The van der Waals surface area contributed by atoms with Gasteiger partial charge in [-0.1, -0.05) is 42.8 Å². The van der Waals surface area contributed by atoms with Gasteiger partial charge in [-0.2, -0.15) is 5.10 Å². The van der Waals surface area contributed by atoms with Crippen LogP contribution in [0.15, 0.2) is 48.5 Å². The average molecular weight is 417 g/mol. The highest BCUT2D eigenvalue weighted by molar-refractivity contribution is 5.99. The number of hydrogen-bond acceptors (Lipinski definition) is 3. The van der Waals surface area contributed by atoms with E-state index in [-0.39, 0.29) is 18.4 Å². The van der Waals surface area contributed by atoms with Crippen LogP contribution in [0.4, 0.5) is 5.69 Å². The van der Waals surface area contributed by atoms with Gasteiger partial charge in [0, 0.05) is 24.0 Å². The van der Waals surface area contributed by atoms with Crippen molar-refractivity contribution in [1.29, 1.82) is 0 Å². The van der Waals surface area contributed by atoms with Crippen LogP contribution in [0.25, 0.3) is 5.69 Å². The Hall–Kier alpha value is -3.41. The normalized spacial score (nSPS) is 12.5. The lowest BCUT2D eigenvalue weighted by Crippen LogP contribution is -2.35. The highest BCUT2D eigenvalue weighted by atomic mass is 16.2. The Kier molecular flexibility index (Phi) is 5.89. The van der Waals surface area contributed by atoms with Crippen LogP contribution >= 0.6 is 0 Å². The van der Waals surface area contributed by atoms with Crippen LogP contribution in [0.1, 0.15) is 46.2 Å². The van der Waals surface area contributed by atoms with Gasteiger partial charge >= 0.3 is 0 Å². The van der Waals surface area contributed by atoms with Crippen LogP contribution < -0.4 is 5.32 Å². The summed E-state index contributed by atoms with van der Waals surface area (Å²) in [6.07, 6.45) is 3.58. The van der Waals surface area contributed by atoms with E-state index in [0.717, 1.165) is 53.9 Å². The van der Waals surface area contributed by atoms with E-state index < -0.39 is 0 Å². The zero-order valence-electron chi connectivity index (χ0n) is 18.3. The molecule has 3 aromatic rings. The number of carbonyl (C=O) groups excluding carboxylic acids is 2. The standard InChI is InChI=1S/C25H28N4O2/c1-4-18-8-5-6-10-21(18)26-23(30)16-28(3)25(31)24-20-9-7-11-22(20)29(27-24)19-14-12-17(2)13-15-19/h5-6,8,10,12-15H,4,7,9,11,16H2,1-3H3,(H,26,30). The van der Waals surface area contributed by atoms with Crippen molar-refractivity contribution in [2.24, 2.45) is 0 Å². The number of nitrogens with one attached hydrogen (secondary N) is 1. The number of amides is 2. The second-order valence-corrected chi connectivity index (χ2v) is 8.09.